The van der Waals surface area contributed by atoms with Gasteiger partial charge in [0.15, 0.2) is 0 Å². The number of piperidine rings is 1. The zero-order chi connectivity index (χ0) is 18.8. The maximum absolute atomic E-state index is 11.2. The summed E-state index contributed by atoms with van der Waals surface area (Å²) in [5.74, 6) is 0.691. The third-order valence-corrected chi connectivity index (χ3v) is 5.72. The van der Waals surface area contributed by atoms with Crippen molar-refractivity contribution in [1.82, 2.24) is 19.9 Å². The molecule has 2 fully saturated rings. The molecule has 2 aromatic heterocycles. The van der Waals surface area contributed by atoms with Crippen LogP contribution in [0.5, 0.6) is 0 Å². The van der Waals surface area contributed by atoms with Crippen molar-refractivity contribution in [1.29, 1.82) is 0 Å². The van der Waals surface area contributed by atoms with E-state index in [4.69, 9.17) is 4.98 Å². The average Bonchev–Trinajstić information content (AvgIpc) is 2.73. The standard InChI is InChI=1S/C19H26N6O2/c1-2-23-9-11-25(12-10-23)19-21-13-15-16(22-19)3-6-20-17(15)24-7-4-14(5-8-24)18(26)27/h3,6,13-14H,2,4-5,7-12H2,1H3,(H,26,27). The van der Waals surface area contributed by atoms with E-state index in [9.17, 15) is 9.90 Å². The monoisotopic (exact) mass is 370 g/mol. The molecule has 0 amide bonds. The molecule has 0 saturated carbocycles. The number of hydrogen-bond acceptors (Lipinski definition) is 7. The molecule has 8 nitrogen and oxygen atoms in total. The van der Waals surface area contributed by atoms with Crippen LogP contribution < -0.4 is 9.80 Å². The normalized spacial score (nSPS) is 19.6. The van der Waals surface area contributed by atoms with E-state index >= 15 is 0 Å². The van der Waals surface area contributed by atoms with E-state index in [1.54, 1.807) is 6.20 Å². The van der Waals surface area contributed by atoms with Crippen LogP contribution in [0, 0.1) is 5.92 Å². The van der Waals surface area contributed by atoms with Crippen LogP contribution in [0.15, 0.2) is 18.5 Å². The van der Waals surface area contributed by atoms with Crippen LogP contribution in [0.1, 0.15) is 19.8 Å². The minimum atomic E-state index is -0.698. The molecule has 4 heterocycles. The minimum Gasteiger partial charge on any atom is -0.481 e. The van der Waals surface area contributed by atoms with Gasteiger partial charge in [0.1, 0.15) is 5.82 Å². The molecule has 0 bridgehead atoms. The summed E-state index contributed by atoms with van der Waals surface area (Å²) in [6, 6.07) is 1.93. The molecule has 2 aliphatic rings. The van der Waals surface area contributed by atoms with Gasteiger partial charge in [0.2, 0.25) is 5.95 Å². The van der Waals surface area contributed by atoms with E-state index in [2.05, 4.69) is 31.6 Å². The molecule has 2 aliphatic heterocycles. The van der Waals surface area contributed by atoms with Crippen molar-refractivity contribution in [2.24, 2.45) is 5.92 Å². The number of aromatic nitrogens is 3. The van der Waals surface area contributed by atoms with Gasteiger partial charge < -0.3 is 19.8 Å². The second-order valence-corrected chi connectivity index (χ2v) is 7.26. The second-order valence-electron chi connectivity index (χ2n) is 7.26. The van der Waals surface area contributed by atoms with Crippen LogP contribution in [0.4, 0.5) is 11.8 Å². The first-order chi connectivity index (χ1) is 13.2. The molecule has 2 saturated heterocycles. The van der Waals surface area contributed by atoms with Crippen molar-refractivity contribution in [2.75, 3.05) is 55.6 Å². The van der Waals surface area contributed by atoms with Gasteiger partial charge in [0.05, 0.1) is 16.8 Å². The number of anilines is 2. The number of fused-ring (bicyclic) bond motifs is 1. The summed E-state index contributed by atoms with van der Waals surface area (Å²) in [7, 11) is 0. The quantitative estimate of drug-likeness (QED) is 0.866. The molecular formula is C19H26N6O2. The fourth-order valence-corrected chi connectivity index (χ4v) is 3.94. The molecule has 4 rings (SSSR count). The number of carbonyl (C=O) groups is 1. The summed E-state index contributed by atoms with van der Waals surface area (Å²) in [4.78, 5) is 31.9. The molecular weight excluding hydrogens is 344 g/mol. The Morgan fingerprint density at radius 1 is 1.11 bits per heavy atom. The Morgan fingerprint density at radius 2 is 1.85 bits per heavy atom. The third kappa shape index (κ3) is 3.66. The van der Waals surface area contributed by atoms with Gasteiger partial charge in [0, 0.05) is 51.7 Å². The number of nitrogens with zero attached hydrogens (tertiary/aromatic N) is 6. The lowest BCUT2D eigenvalue weighted by Gasteiger charge is -2.34. The Bertz CT molecular complexity index is 813. The molecule has 27 heavy (non-hydrogen) atoms. The lowest BCUT2D eigenvalue weighted by molar-refractivity contribution is -0.142. The summed E-state index contributed by atoms with van der Waals surface area (Å²) in [6.45, 7) is 8.64. The van der Waals surface area contributed by atoms with E-state index in [0.29, 0.717) is 25.9 Å². The van der Waals surface area contributed by atoms with E-state index < -0.39 is 5.97 Å². The molecule has 0 spiro atoms. The van der Waals surface area contributed by atoms with Crippen LogP contribution in [-0.2, 0) is 4.79 Å². The maximum atomic E-state index is 11.2. The number of pyridine rings is 1. The van der Waals surface area contributed by atoms with E-state index in [0.717, 1.165) is 55.4 Å². The summed E-state index contributed by atoms with van der Waals surface area (Å²) in [5.41, 5.74) is 0.892. The molecule has 144 valence electrons. The Balaban J connectivity index is 1.54. The van der Waals surface area contributed by atoms with E-state index in [1.165, 1.54) is 0 Å². The number of carboxylic acids is 1. The fraction of sp³-hybridized carbons (Fsp3) is 0.579. The topological polar surface area (TPSA) is 85.7 Å². The molecule has 0 aliphatic carbocycles. The Kier molecular flexibility index (Phi) is 5.07. The first-order valence-corrected chi connectivity index (χ1v) is 9.72. The highest BCUT2D eigenvalue weighted by molar-refractivity contribution is 5.89. The van der Waals surface area contributed by atoms with Crippen LogP contribution >= 0.6 is 0 Å². The molecule has 0 aromatic carbocycles. The van der Waals surface area contributed by atoms with Gasteiger partial charge in [-0.3, -0.25) is 4.79 Å². The largest absolute Gasteiger partial charge is 0.481 e. The van der Waals surface area contributed by atoms with Crippen molar-refractivity contribution in [2.45, 2.75) is 19.8 Å². The van der Waals surface area contributed by atoms with Crippen molar-refractivity contribution < 1.29 is 9.90 Å². The zero-order valence-electron chi connectivity index (χ0n) is 15.7. The maximum Gasteiger partial charge on any atom is 0.306 e. The van der Waals surface area contributed by atoms with Crippen molar-refractivity contribution in [3.63, 3.8) is 0 Å². The Labute approximate surface area is 158 Å². The van der Waals surface area contributed by atoms with Gasteiger partial charge in [-0.1, -0.05) is 6.92 Å². The predicted molar refractivity (Wildman–Crippen MR) is 104 cm³/mol. The number of carboxylic acid groups (broad SMARTS) is 1. The van der Waals surface area contributed by atoms with Crippen molar-refractivity contribution in [3.8, 4) is 0 Å². The highest BCUT2D eigenvalue weighted by Gasteiger charge is 2.26. The van der Waals surface area contributed by atoms with Crippen LogP contribution in [-0.4, -0.2) is 76.7 Å². The van der Waals surface area contributed by atoms with Crippen LogP contribution in [0.3, 0.4) is 0 Å². The van der Waals surface area contributed by atoms with E-state index in [-0.39, 0.29) is 5.92 Å². The van der Waals surface area contributed by atoms with Gasteiger partial charge >= 0.3 is 5.97 Å². The first-order valence-electron chi connectivity index (χ1n) is 9.72. The van der Waals surface area contributed by atoms with E-state index in [1.807, 2.05) is 12.3 Å². The lowest BCUT2D eigenvalue weighted by atomic mass is 9.97. The van der Waals surface area contributed by atoms with Crippen LogP contribution in [0.2, 0.25) is 0 Å². The second kappa shape index (κ2) is 7.64. The van der Waals surface area contributed by atoms with Gasteiger partial charge in [-0.05, 0) is 25.5 Å². The number of rotatable bonds is 4. The molecule has 0 atom stereocenters. The highest BCUT2D eigenvalue weighted by Crippen LogP contribution is 2.28. The van der Waals surface area contributed by atoms with Gasteiger partial charge in [0.25, 0.3) is 0 Å². The summed E-state index contributed by atoms with van der Waals surface area (Å²) < 4.78 is 0. The summed E-state index contributed by atoms with van der Waals surface area (Å²) >= 11 is 0. The highest BCUT2D eigenvalue weighted by atomic mass is 16.4. The number of aliphatic carboxylic acids is 1. The van der Waals surface area contributed by atoms with Crippen molar-refractivity contribution in [3.05, 3.63) is 18.5 Å². The van der Waals surface area contributed by atoms with Crippen molar-refractivity contribution >= 4 is 28.6 Å². The van der Waals surface area contributed by atoms with Gasteiger partial charge in [-0.2, -0.15) is 0 Å². The number of likely N-dealkylation sites (N-methyl/N-ethyl adjacent to an activating group) is 1. The third-order valence-electron chi connectivity index (χ3n) is 5.72. The summed E-state index contributed by atoms with van der Waals surface area (Å²) in [6.07, 6.45) is 4.95. The Morgan fingerprint density at radius 3 is 2.52 bits per heavy atom. The van der Waals surface area contributed by atoms with Crippen LogP contribution in [0.25, 0.3) is 10.9 Å². The molecule has 1 N–H and O–H groups in total. The first kappa shape index (κ1) is 17.9. The predicted octanol–water partition coefficient (Wildman–Crippen LogP) is 1.47. The molecule has 8 heteroatoms. The Hall–Kier alpha value is -2.48. The van der Waals surface area contributed by atoms with Gasteiger partial charge in [-0.25, -0.2) is 15.0 Å². The number of hydrogen-bond donors (Lipinski definition) is 1. The molecule has 2 aromatic rings. The minimum absolute atomic E-state index is 0.249. The smallest absolute Gasteiger partial charge is 0.306 e. The lowest BCUT2D eigenvalue weighted by Crippen LogP contribution is -2.46. The average molecular weight is 370 g/mol. The molecule has 0 unspecified atom stereocenters. The fourth-order valence-electron chi connectivity index (χ4n) is 3.94. The number of piperazine rings is 1. The molecule has 0 radical (unpaired) electrons. The summed E-state index contributed by atoms with van der Waals surface area (Å²) in [5, 5.41) is 10.1. The SMILES string of the molecule is CCN1CCN(c2ncc3c(N4CCC(C(=O)O)CC4)nccc3n2)CC1. The van der Waals surface area contributed by atoms with Gasteiger partial charge in [-0.15, -0.1) is 0 Å². The zero-order valence-corrected chi connectivity index (χ0v) is 15.7.